The maximum absolute atomic E-state index is 14.2. The monoisotopic (exact) mass is 657 g/mol. The Morgan fingerprint density at radius 3 is 2.00 bits per heavy atom. The minimum atomic E-state index is -3.21. The SMILES string of the molecule is CC(C)CN(C(=O)CN1CCN(S(C)(=O)=O)CC1)C1CCN(CC[C@@H](c2cccc(F)c2)C2CCN(S(C)(=O)=O)CC2)CC1. The van der Waals surface area contributed by atoms with Crippen molar-refractivity contribution in [3.8, 4) is 0 Å². The van der Waals surface area contributed by atoms with E-state index in [1.54, 1.807) is 16.4 Å². The topological polar surface area (TPSA) is 102 Å². The third-order valence-corrected chi connectivity index (χ3v) is 12.2. The van der Waals surface area contributed by atoms with Crippen LogP contribution in [0.3, 0.4) is 0 Å². The third kappa shape index (κ3) is 9.93. The zero-order chi connectivity index (χ0) is 32.1. The summed E-state index contributed by atoms with van der Waals surface area (Å²) in [5.74, 6) is 0.684. The fourth-order valence-electron chi connectivity index (χ4n) is 7.15. The number of amides is 1. The van der Waals surface area contributed by atoms with Crippen LogP contribution in [0.2, 0.25) is 0 Å². The highest BCUT2D eigenvalue weighted by atomic mass is 32.2. The second-order valence-electron chi connectivity index (χ2n) is 13.4. The Balaban J connectivity index is 1.32. The molecule has 4 rings (SSSR count). The molecule has 0 aromatic heterocycles. The predicted octanol–water partition coefficient (Wildman–Crippen LogP) is 2.50. The maximum Gasteiger partial charge on any atom is 0.237 e. The zero-order valence-corrected chi connectivity index (χ0v) is 28.5. The standard InChI is InChI=1S/C31H52FN5O5S2/c1-25(2)23-37(31(38)24-34-18-20-36(21-19-34)44(4,41)42)29-10-13-33(14-11-29)15-12-30(27-6-5-7-28(32)22-27)26-8-16-35(17-9-26)43(3,39)40/h5-7,22,25-26,29-30H,8-21,23-24H2,1-4H3/t30-/m1/s1. The van der Waals surface area contributed by atoms with Crippen LogP contribution in [0.4, 0.5) is 4.39 Å². The van der Waals surface area contributed by atoms with Crippen LogP contribution >= 0.6 is 0 Å². The van der Waals surface area contributed by atoms with Gasteiger partial charge < -0.3 is 9.80 Å². The number of hydrogen-bond donors (Lipinski definition) is 0. The molecule has 0 radical (unpaired) electrons. The van der Waals surface area contributed by atoms with E-state index in [0.717, 1.165) is 57.3 Å². The lowest BCUT2D eigenvalue weighted by molar-refractivity contribution is -0.136. The fourth-order valence-corrected chi connectivity index (χ4v) is 8.85. The number of carbonyl (C=O) groups excluding carboxylic acids is 1. The summed E-state index contributed by atoms with van der Waals surface area (Å²) in [7, 11) is -6.42. The molecule has 0 N–H and O–H groups in total. The fraction of sp³-hybridized carbons (Fsp3) is 0.774. The summed E-state index contributed by atoms with van der Waals surface area (Å²) in [5, 5.41) is 0. The van der Waals surface area contributed by atoms with Crippen LogP contribution in [0.25, 0.3) is 0 Å². The van der Waals surface area contributed by atoms with Gasteiger partial charge in [0.1, 0.15) is 5.82 Å². The van der Waals surface area contributed by atoms with Crippen LogP contribution in [-0.2, 0) is 24.8 Å². The molecule has 3 aliphatic rings. The minimum Gasteiger partial charge on any atom is -0.338 e. The molecule has 250 valence electrons. The van der Waals surface area contributed by atoms with Crippen molar-refractivity contribution in [2.45, 2.75) is 57.9 Å². The summed E-state index contributed by atoms with van der Waals surface area (Å²) in [6.45, 7) is 10.9. The largest absolute Gasteiger partial charge is 0.338 e. The minimum absolute atomic E-state index is 0.122. The van der Waals surface area contributed by atoms with E-state index in [0.29, 0.717) is 64.2 Å². The Labute approximate surface area is 264 Å². The van der Waals surface area contributed by atoms with Gasteiger partial charge in [0.2, 0.25) is 26.0 Å². The highest BCUT2D eigenvalue weighted by Gasteiger charge is 2.33. The molecule has 1 amide bonds. The summed E-state index contributed by atoms with van der Waals surface area (Å²) >= 11 is 0. The van der Waals surface area contributed by atoms with E-state index < -0.39 is 20.0 Å². The van der Waals surface area contributed by atoms with Crippen LogP contribution in [-0.4, -0.2) is 137 Å². The first-order valence-corrected chi connectivity index (χ1v) is 19.8. The Hall–Kier alpha value is -1.64. The van der Waals surface area contributed by atoms with Crippen LogP contribution in [0.5, 0.6) is 0 Å². The zero-order valence-electron chi connectivity index (χ0n) is 26.9. The summed E-state index contributed by atoms with van der Waals surface area (Å²) in [4.78, 5) is 20.1. The van der Waals surface area contributed by atoms with Crippen LogP contribution < -0.4 is 0 Å². The van der Waals surface area contributed by atoms with Crippen LogP contribution in [0, 0.1) is 17.7 Å². The van der Waals surface area contributed by atoms with E-state index >= 15 is 0 Å². The number of rotatable bonds is 12. The lowest BCUT2D eigenvalue weighted by atomic mass is 9.78. The molecule has 1 aromatic carbocycles. The Kier molecular flexibility index (Phi) is 12.2. The first kappa shape index (κ1) is 35.2. The molecule has 3 fully saturated rings. The van der Waals surface area contributed by atoms with Gasteiger partial charge in [0.25, 0.3) is 0 Å². The van der Waals surface area contributed by atoms with Gasteiger partial charge in [-0.2, -0.15) is 4.31 Å². The van der Waals surface area contributed by atoms with Crippen molar-refractivity contribution in [3.63, 3.8) is 0 Å². The summed E-state index contributed by atoms with van der Waals surface area (Å²) in [6.07, 6.45) is 6.72. The molecule has 3 saturated heterocycles. The molecular formula is C31H52FN5O5S2. The van der Waals surface area contributed by atoms with Gasteiger partial charge >= 0.3 is 0 Å². The second-order valence-corrected chi connectivity index (χ2v) is 17.4. The molecule has 1 aromatic rings. The molecule has 3 heterocycles. The van der Waals surface area contributed by atoms with Crippen molar-refractivity contribution >= 4 is 26.0 Å². The molecule has 0 aliphatic carbocycles. The summed E-state index contributed by atoms with van der Waals surface area (Å²) in [5.41, 5.74) is 0.990. The first-order chi connectivity index (χ1) is 20.7. The number of benzene rings is 1. The van der Waals surface area contributed by atoms with Gasteiger partial charge in [-0.25, -0.2) is 25.5 Å². The van der Waals surface area contributed by atoms with Crippen molar-refractivity contribution in [2.24, 2.45) is 11.8 Å². The van der Waals surface area contributed by atoms with E-state index in [-0.39, 0.29) is 23.7 Å². The Bertz CT molecular complexity index is 1300. The van der Waals surface area contributed by atoms with Gasteiger partial charge in [-0.15, -0.1) is 0 Å². The van der Waals surface area contributed by atoms with Crippen LogP contribution in [0.1, 0.15) is 57.4 Å². The van der Waals surface area contributed by atoms with E-state index in [9.17, 15) is 26.0 Å². The van der Waals surface area contributed by atoms with E-state index in [2.05, 4.69) is 28.5 Å². The molecule has 1 atom stereocenters. The highest BCUT2D eigenvalue weighted by molar-refractivity contribution is 7.88. The van der Waals surface area contributed by atoms with Crippen molar-refractivity contribution in [1.82, 2.24) is 23.3 Å². The van der Waals surface area contributed by atoms with E-state index in [1.165, 1.54) is 22.9 Å². The Morgan fingerprint density at radius 1 is 0.864 bits per heavy atom. The number of sulfonamides is 2. The maximum atomic E-state index is 14.2. The number of hydrogen-bond acceptors (Lipinski definition) is 7. The summed E-state index contributed by atoms with van der Waals surface area (Å²) in [6, 6.07) is 7.05. The van der Waals surface area contributed by atoms with E-state index in [4.69, 9.17) is 0 Å². The van der Waals surface area contributed by atoms with Gasteiger partial charge in [-0.3, -0.25) is 9.69 Å². The molecule has 0 bridgehead atoms. The number of nitrogens with zero attached hydrogens (tertiary/aromatic N) is 5. The molecule has 44 heavy (non-hydrogen) atoms. The Morgan fingerprint density at radius 2 is 1.45 bits per heavy atom. The molecule has 0 unspecified atom stereocenters. The van der Waals surface area contributed by atoms with Gasteiger partial charge in [-0.05, 0) is 74.1 Å². The molecule has 0 saturated carbocycles. The lowest BCUT2D eigenvalue weighted by Gasteiger charge is -2.41. The van der Waals surface area contributed by atoms with Gasteiger partial charge in [0.05, 0.1) is 19.1 Å². The average molecular weight is 658 g/mol. The van der Waals surface area contributed by atoms with Gasteiger partial charge in [0, 0.05) is 64.9 Å². The predicted molar refractivity (Wildman–Crippen MR) is 172 cm³/mol. The number of carbonyl (C=O) groups is 1. The summed E-state index contributed by atoms with van der Waals surface area (Å²) < 4.78 is 65.1. The molecule has 10 nitrogen and oxygen atoms in total. The molecule has 0 spiro atoms. The van der Waals surface area contributed by atoms with Crippen molar-refractivity contribution in [2.75, 3.05) is 84.5 Å². The third-order valence-electron chi connectivity index (χ3n) is 9.61. The molecular weight excluding hydrogens is 606 g/mol. The van der Waals surface area contributed by atoms with Gasteiger partial charge in [0.15, 0.2) is 0 Å². The number of halogens is 1. The lowest BCUT2D eigenvalue weighted by Crippen LogP contribution is -2.54. The highest BCUT2D eigenvalue weighted by Crippen LogP contribution is 2.36. The smallest absolute Gasteiger partial charge is 0.237 e. The average Bonchev–Trinajstić information content (AvgIpc) is 2.96. The number of likely N-dealkylation sites (tertiary alicyclic amines) is 1. The van der Waals surface area contributed by atoms with Crippen molar-refractivity contribution < 1.29 is 26.0 Å². The van der Waals surface area contributed by atoms with Crippen molar-refractivity contribution in [3.05, 3.63) is 35.6 Å². The van der Waals surface area contributed by atoms with Crippen molar-refractivity contribution in [1.29, 1.82) is 0 Å². The number of piperidine rings is 2. The first-order valence-electron chi connectivity index (χ1n) is 16.1. The molecule has 3 aliphatic heterocycles. The number of piperazine rings is 1. The quantitative estimate of drug-likeness (QED) is 0.341. The van der Waals surface area contributed by atoms with Crippen LogP contribution in [0.15, 0.2) is 24.3 Å². The molecule has 13 heteroatoms. The van der Waals surface area contributed by atoms with E-state index in [1.807, 2.05) is 6.07 Å². The second kappa shape index (κ2) is 15.3. The van der Waals surface area contributed by atoms with Gasteiger partial charge in [-0.1, -0.05) is 26.0 Å². The normalized spacial score (nSPS) is 22.0.